The molecule has 2 aromatic rings. The second kappa shape index (κ2) is 7.11. The SMILES string of the molecule is COc1ccc([C@H](NS(=O)(=O)c2ccccc2C)C2CC(O)C2)cn1. The van der Waals surface area contributed by atoms with Crippen molar-refractivity contribution in [2.24, 2.45) is 5.92 Å². The third-order valence-electron chi connectivity index (χ3n) is 4.61. The van der Waals surface area contributed by atoms with Gasteiger partial charge in [0.2, 0.25) is 15.9 Å². The second-order valence-electron chi connectivity index (χ2n) is 6.38. The smallest absolute Gasteiger partial charge is 0.241 e. The molecule has 0 aliphatic heterocycles. The number of ether oxygens (including phenoxy) is 1. The van der Waals surface area contributed by atoms with Crippen molar-refractivity contribution in [2.75, 3.05) is 7.11 Å². The van der Waals surface area contributed by atoms with E-state index in [9.17, 15) is 13.5 Å². The summed E-state index contributed by atoms with van der Waals surface area (Å²) in [5.41, 5.74) is 1.45. The molecule has 1 saturated carbocycles. The average Bonchev–Trinajstić information content (AvgIpc) is 2.57. The van der Waals surface area contributed by atoms with Gasteiger partial charge in [-0.2, -0.15) is 0 Å². The first-order valence-corrected chi connectivity index (χ1v) is 9.65. The lowest BCUT2D eigenvalue weighted by Crippen LogP contribution is -2.41. The number of hydrogen-bond acceptors (Lipinski definition) is 5. The minimum absolute atomic E-state index is 0.0315. The van der Waals surface area contributed by atoms with Crippen molar-refractivity contribution >= 4 is 10.0 Å². The number of methoxy groups -OCH3 is 1. The molecule has 1 atom stereocenters. The maximum Gasteiger partial charge on any atom is 0.241 e. The van der Waals surface area contributed by atoms with Gasteiger partial charge in [0.25, 0.3) is 0 Å². The Morgan fingerprint density at radius 1 is 1.24 bits per heavy atom. The first-order valence-electron chi connectivity index (χ1n) is 8.16. The Labute approximate surface area is 147 Å². The molecule has 1 fully saturated rings. The van der Waals surface area contributed by atoms with Gasteiger partial charge in [0.1, 0.15) is 0 Å². The summed E-state index contributed by atoms with van der Waals surface area (Å²) in [5.74, 6) is 0.502. The maximum absolute atomic E-state index is 12.9. The minimum Gasteiger partial charge on any atom is -0.481 e. The molecular formula is C18H22N2O4S. The number of aryl methyl sites for hydroxylation is 1. The lowest BCUT2D eigenvalue weighted by molar-refractivity contribution is 0.0279. The second-order valence-corrected chi connectivity index (χ2v) is 8.07. The highest BCUT2D eigenvalue weighted by molar-refractivity contribution is 7.89. The van der Waals surface area contributed by atoms with E-state index in [4.69, 9.17) is 4.74 Å². The van der Waals surface area contributed by atoms with Crippen molar-refractivity contribution in [2.45, 2.75) is 36.8 Å². The van der Waals surface area contributed by atoms with E-state index in [1.165, 1.54) is 7.11 Å². The molecule has 0 amide bonds. The quantitative estimate of drug-likeness (QED) is 0.822. The lowest BCUT2D eigenvalue weighted by Gasteiger charge is -2.38. The largest absolute Gasteiger partial charge is 0.481 e. The Bertz CT molecular complexity index is 830. The molecule has 7 heteroatoms. The van der Waals surface area contributed by atoms with Crippen molar-refractivity contribution in [1.82, 2.24) is 9.71 Å². The number of nitrogens with zero attached hydrogens (tertiary/aromatic N) is 1. The van der Waals surface area contributed by atoms with Crippen LogP contribution in [0.2, 0.25) is 0 Å². The van der Waals surface area contributed by atoms with Crippen LogP contribution in [0.25, 0.3) is 0 Å². The van der Waals surface area contributed by atoms with Crippen molar-refractivity contribution in [1.29, 1.82) is 0 Å². The molecule has 6 nitrogen and oxygen atoms in total. The zero-order chi connectivity index (χ0) is 18.0. The zero-order valence-corrected chi connectivity index (χ0v) is 15.0. The van der Waals surface area contributed by atoms with Crippen LogP contribution in [0.1, 0.15) is 30.0 Å². The monoisotopic (exact) mass is 362 g/mol. The molecule has 0 spiro atoms. The van der Waals surface area contributed by atoms with Gasteiger partial charge in [-0.05, 0) is 42.9 Å². The molecule has 0 unspecified atom stereocenters. The molecule has 1 aromatic heterocycles. The first-order chi connectivity index (χ1) is 11.9. The molecular weight excluding hydrogens is 340 g/mol. The predicted molar refractivity (Wildman–Crippen MR) is 93.8 cm³/mol. The Morgan fingerprint density at radius 2 is 1.96 bits per heavy atom. The van der Waals surface area contributed by atoms with Gasteiger partial charge < -0.3 is 9.84 Å². The Morgan fingerprint density at radius 3 is 2.52 bits per heavy atom. The van der Waals surface area contributed by atoms with Gasteiger partial charge in [-0.15, -0.1) is 0 Å². The number of nitrogens with one attached hydrogen (secondary N) is 1. The highest BCUT2D eigenvalue weighted by atomic mass is 32.2. The van der Waals surface area contributed by atoms with E-state index in [0.29, 0.717) is 24.3 Å². The highest BCUT2D eigenvalue weighted by Crippen LogP contribution is 2.39. The highest BCUT2D eigenvalue weighted by Gasteiger charge is 2.37. The summed E-state index contributed by atoms with van der Waals surface area (Å²) < 4.78 is 33.6. The number of sulfonamides is 1. The third-order valence-corrected chi connectivity index (χ3v) is 6.22. The van der Waals surface area contributed by atoms with Crippen LogP contribution in [0.3, 0.4) is 0 Å². The van der Waals surface area contributed by atoms with Gasteiger partial charge in [0.15, 0.2) is 0 Å². The van der Waals surface area contributed by atoms with E-state index < -0.39 is 16.1 Å². The lowest BCUT2D eigenvalue weighted by atomic mass is 9.76. The molecule has 25 heavy (non-hydrogen) atoms. The van der Waals surface area contributed by atoms with Gasteiger partial charge >= 0.3 is 0 Å². The summed E-state index contributed by atoms with van der Waals surface area (Å²) in [4.78, 5) is 4.44. The van der Waals surface area contributed by atoms with Crippen LogP contribution < -0.4 is 9.46 Å². The van der Waals surface area contributed by atoms with Crippen LogP contribution in [0.15, 0.2) is 47.5 Å². The number of hydrogen-bond donors (Lipinski definition) is 2. The molecule has 2 N–H and O–H groups in total. The van der Waals surface area contributed by atoms with Crippen LogP contribution >= 0.6 is 0 Å². The Balaban J connectivity index is 1.91. The minimum atomic E-state index is -3.68. The van der Waals surface area contributed by atoms with Gasteiger partial charge in [-0.3, -0.25) is 0 Å². The maximum atomic E-state index is 12.9. The van der Waals surface area contributed by atoms with Crippen LogP contribution in [-0.4, -0.2) is 31.7 Å². The summed E-state index contributed by atoms with van der Waals surface area (Å²) in [7, 11) is -2.15. The summed E-state index contributed by atoms with van der Waals surface area (Å²) >= 11 is 0. The van der Waals surface area contributed by atoms with E-state index in [2.05, 4.69) is 9.71 Å². The van der Waals surface area contributed by atoms with Gasteiger partial charge in [-0.1, -0.05) is 24.3 Å². The Kier molecular flexibility index (Phi) is 5.08. The molecule has 0 radical (unpaired) electrons. The van der Waals surface area contributed by atoms with Crippen molar-refractivity contribution < 1.29 is 18.3 Å². The van der Waals surface area contributed by atoms with E-state index in [-0.39, 0.29) is 16.9 Å². The summed E-state index contributed by atoms with van der Waals surface area (Å²) in [6.45, 7) is 1.77. The molecule has 1 aromatic carbocycles. The summed E-state index contributed by atoms with van der Waals surface area (Å²) in [6.07, 6.45) is 2.37. The number of pyridine rings is 1. The molecule has 134 valence electrons. The first kappa shape index (κ1) is 17.8. The third kappa shape index (κ3) is 3.84. The van der Waals surface area contributed by atoms with Gasteiger partial charge in [-0.25, -0.2) is 18.1 Å². The number of aliphatic hydroxyl groups is 1. The van der Waals surface area contributed by atoms with Crippen LogP contribution in [0.5, 0.6) is 5.88 Å². The van der Waals surface area contributed by atoms with Crippen LogP contribution in [-0.2, 0) is 10.0 Å². The summed E-state index contributed by atoms with van der Waals surface area (Å²) in [6, 6.07) is 9.95. The number of benzene rings is 1. The van der Waals surface area contributed by atoms with E-state index in [1.54, 1.807) is 37.4 Å². The van der Waals surface area contributed by atoms with Crippen LogP contribution in [0, 0.1) is 12.8 Å². The molecule has 1 heterocycles. The Hall–Kier alpha value is -1.96. The van der Waals surface area contributed by atoms with Gasteiger partial charge in [0, 0.05) is 12.3 Å². The average molecular weight is 362 g/mol. The van der Waals surface area contributed by atoms with E-state index in [0.717, 1.165) is 5.56 Å². The van der Waals surface area contributed by atoms with E-state index >= 15 is 0 Å². The number of aromatic nitrogens is 1. The molecule has 3 rings (SSSR count). The fraction of sp³-hybridized carbons (Fsp3) is 0.389. The molecule has 0 saturated heterocycles. The van der Waals surface area contributed by atoms with Gasteiger partial charge in [0.05, 0.1) is 24.2 Å². The molecule has 1 aliphatic rings. The summed E-state index contributed by atoms with van der Waals surface area (Å²) in [5, 5.41) is 9.64. The fourth-order valence-corrected chi connectivity index (χ4v) is 4.66. The topological polar surface area (TPSA) is 88.5 Å². The van der Waals surface area contributed by atoms with Crippen LogP contribution in [0.4, 0.5) is 0 Å². The van der Waals surface area contributed by atoms with E-state index in [1.807, 2.05) is 12.1 Å². The zero-order valence-electron chi connectivity index (χ0n) is 14.2. The standard InChI is InChI=1S/C18H22N2O4S/c1-12-5-3-4-6-16(12)25(22,23)20-18(14-9-15(21)10-14)13-7-8-17(24-2)19-11-13/h3-8,11,14-15,18,20-21H,9-10H2,1-2H3/t14?,15?,18-/m0/s1. The number of aliphatic hydroxyl groups excluding tert-OH is 1. The van der Waals surface area contributed by atoms with Crippen molar-refractivity contribution in [3.05, 3.63) is 53.7 Å². The molecule has 0 bridgehead atoms. The van der Waals surface area contributed by atoms with Crippen molar-refractivity contribution in [3.8, 4) is 5.88 Å². The van der Waals surface area contributed by atoms with Crippen molar-refractivity contribution in [3.63, 3.8) is 0 Å². The fourth-order valence-electron chi connectivity index (χ4n) is 3.12. The predicted octanol–water partition coefficient (Wildman–Crippen LogP) is 2.19. The normalized spacial score (nSPS) is 21.4. The number of rotatable bonds is 6. The molecule has 1 aliphatic carbocycles.